The third kappa shape index (κ3) is 11.9. The minimum absolute atomic E-state index is 0.160. The van der Waals surface area contributed by atoms with Crippen molar-refractivity contribution in [2.75, 3.05) is 6.61 Å². The number of unbranched alkanes of at least 4 members (excludes halogenated alkanes) is 6. The Labute approximate surface area is 107 Å². The zero-order valence-electron chi connectivity index (χ0n) is 12.0. The molecule has 0 aromatic heterocycles. The molecule has 1 atom stereocenters. The summed E-state index contributed by atoms with van der Waals surface area (Å²) in [5.74, 6) is 0.242. The van der Waals surface area contributed by atoms with E-state index in [4.69, 9.17) is 4.74 Å². The summed E-state index contributed by atoms with van der Waals surface area (Å²) in [6, 6.07) is 0. The lowest BCUT2D eigenvalue weighted by Crippen LogP contribution is -2.16. The van der Waals surface area contributed by atoms with E-state index >= 15 is 0 Å². The van der Waals surface area contributed by atoms with Crippen molar-refractivity contribution in [1.29, 1.82) is 0 Å². The lowest BCUT2D eigenvalue weighted by Gasteiger charge is -2.15. The van der Waals surface area contributed by atoms with Gasteiger partial charge in [0, 0.05) is 13.0 Å². The molecule has 0 rings (SSSR count). The van der Waals surface area contributed by atoms with E-state index < -0.39 is 0 Å². The van der Waals surface area contributed by atoms with Gasteiger partial charge in [0.1, 0.15) is 5.78 Å². The zero-order valence-corrected chi connectivity index (χ0v) is 12.0. The summed E-state index contributed by atoms with van der Waals surface area (Å²) >= 11 is 0. The summed E-state index contributed by atoms with van der Waals surface area (Å²) in [5.41, 5.74) is 0. The Bertz CT molecular complexity index is 178. The fraction of sp³-hybridized carbons (Fsp3) is 0.933. The summed E-state index contributed by atoms with van der Waals surface area (Å²) < 4.78 is 5.58. The number of ether oxygens (including phenoxy) is 1. The lowest BCUT2D eigenvalue weighted by atomic mass is 10.0. The van der Waals surface area contributed by atoms with Gasteiger partial charge in [0.2, 0.25) is 0 Å². The standard InChI is InChI=1S/C15H30O2/c1-4-6-7-8-9-10-11-12-15(17-5-2)13-14(3)16/h15H,4-13H2,1-3H3. The summed E-state index contributed by atoms with van der Waals surface area (Å²) in [6.07, 6.45) is 11.0. The van der Waals surface area contributed by atoms with Crippen molar-refractivity contribution in [3.8, 4) is 0 Å². The van der Waals surface area contributed by atoms with E-state index in [1.54, 1.807) is 6.92 Å². The molecule has 0 heterocycles. The van der Waals surface area contributed by atoms with Crippen LogP contribution < -0.4 is 0 Å². The van der Waals surface area contributed by atoms with E-state index in [1.807, 2.05) is 6.92 Å². The van der Waals surface area contributed by atoms with Gasteiger partial charge >= 0.3 is 0 Å². The van der Waals surface area contributed by atoms with Gasteiger partial charge in [-0.1, -0.05) is 51.9 Å². The Morgan fingerprint density at radius 1 is 1.00 bits per heavy atom. The van der Waals surface area contributed by atoms with Crippen LogP contribution in [0.25, 0.3) is 0 Å². The predicted molar refractivity (Wildman–Crippen MR) is 73.3 cm³/mol. The normalized spacial score (nSPS) is 12.6. The molecular formula is C15H30O2. The van der Waals surface area contributed by atoms with E-state index in [0.29, 0.717) is 13.0 Å². The van der Waals surface area contributed by atoms with Crippen LogP contribution in [0.3, 0.4) is 0 Å². The smallest absolute Gasteiger partial charge is 0.132 e. The molecule has 0 bridgehead atoms. The Kier molecular flexibility index (Phi) is 11.8. The molecular weight excluding hydrogens is 212 g/mol. The maximum Gasteiger partial charge on any atom is 0.132 e. The number of hydrogen-bond acceptors (Lipinski definition) is 2. The van der Waals surface area contributed by atoms with Crippen LogP contribution in [-0.4, -0.2) is 18.5 Å². The molecule has 17 heavy (non-hydrogen) atoms. The number of carbonyl (C=O) groups is 1. The van der Waals surface area contributed by atoms with E-state index in [9.17, 15) is 4.79 Å². The molecule has 0 aromatic carbocycles. The third-order valence-electron chi connectivity index (χ3n) is 3.05. The number of Topliss-reactive ketones (excluding diaryl/α,β-unsaturated/α-hetero) is 1. The van der Waals surface area contributed by atoms with Gasteiger partial charge in [-0.2, -0.15) is 0 Å². The molecule has 0 aliphatic heterocycles. The Hall–Kier alpha value is -0.370. The first kappa shape index (κ1) is 16.6. The third-order valence-corrected chi connectivity index (χ3v) is 3.05. The van der Waals surface area contributed by atoms with Gasteiger partial charge in [0.25, 0.3) is 0 Å². The van der Waals surface area contributed by atoms with Crippen molar-refractivity contribution in [1.82, 2.24) is 0 Å². The minimum atomic E-state index is 0.160. The van der Waals surface area contributed by atoms with E-state index in [1.165, 1.54) is 44.9 Å². The average Bonchev–Trinajstić information content (AvgIpc) is 2.27. The summed E-state index contributed by atoms with van der Waals surface area (Å²) in [4.78, 5) is 11.1. The van der Waals surface area contributed by atoms with Crippen molar-refractivity contribution >= 4 is 5.78 Å². The number of rotatable bonds is 12. The van der Waals surface area contributed by atoms with Crippen molar-refractivity contribution in [3.63, 3.8) is 0 Å². The molecule has 0 fully saturated rings. The van der Waals surface area contributed by atoms with E-state index in [0.717, 1.165) is 6.42 Å². The van der Waals surface area contributed by atoms with Gasteiger partial charge < -0.3 is 4.74 Å². The molecule has 0 saturated heterocycles. The molecule has 0 spiro atoms. The van der Waals surface area contributed by atoms with E-state index in [-0.39, 0.29) is 11.9 Å². The van der Waals surface area contributed by atoms with Crippen LogP contribution in [0.15, 0.2) is 0 Å². The highest BCUT2D eigenvalue weighted by Gasteiger charge is 2.10. The molecule has 0 aromatic rings. The van der Waals surface area contributed by atoms with Crippen LogP contribution in [-0.2, 0) is 9.53 Å². The highest BCUT2D eigenvalue weighted by atomic mass is 16.5. The first-order valence-electron chi connectivity index (χ1n) is 7.31. The first-order chi connectivity index (χ1) is 8.20. The number of ketones is 1. The Morgan fingerprint density at radius 2 is 1.59 bits per heavy atom. The molecule has 0 saturated carbocycles. The zero-order chi connectivity index (χ0) is 12.9. The maximum atomic E-state index is 11.1. The molecule has 2 nitrogen and oxygen atoms in total. The maximum absolute atomic E-state index is 11.1. The molecule has 0 amide bonds. The minimum Gasteiger partial charge on any atom is -0.378 e. The summed E-state index contributed by atoms with van der Waals surface area (Å²) in [5, 5.41) is 0. The first-order valence-corrected chi connectivity index (χ1v) is 7.31. The Morgan fingerprint density at radius 3 is 2.12 bits per heavy atom. The molecule has 0 aliphatic carbocycles. The highest BCUT2D eigenvalue weighted by Crippen LogP contribution is 2.13. The largest absolute Gasteiger partial charge is 0.378 e. The second-order valence-electron chi connectivity index (χ2n) is 4.89. The fourth-order valence-corrected chi connectivity index (χ4v) is 2.13. The molecule has 0 aliphatic rings. The monoisotopic (exact) mass is 242 g/mol. The molecule has 0 N–H and O–H groups in total. The van der Waals surface area contributed by atoms with Crippen LogP contribution in [0, 0.1) is 0 Å². The Balaban J connectivity index is 3.43. The van der Waals surface area contributed by atoms with Gasteiger partial charge in [-0.3, -0.25) is 4.79 Å². The van der Waals surface area contributed by atoms with Crippen LogP contribution in [0.4, 0.5) is 0 Å². The van der Waals surface area contributed by atoms with Crippen molar-refractivity contribution < 1.29 is 9.53 Å². The van der Waals surface area contributed by atoms with Gasteiger partial charge in [0.05, 0.1) is 6.10 Å². The predicted octanol–water partition coefficient (Wildman–Crippen LogP) is 4.51. The van der Waals surface area contributed by atoms with Crippen LogP contribution in [0.2, 0.25) is 0 Å². The molecule has 0 radical (unpaired) electrons. The number of carbonyl (C=O) groups excluding carboxylic acids is 1. The molecule has 2 heteroatoms. The molecule has 1 unspecified atom stereocenters. The second-order valence-corrected chi connectivity index (χ2v) is 4.89. The van der Waals surface area contributed by atoms with Crippen LogP contribution in [0.1, 0.15) is 78.6 Å². The van der Waals surface area contributed by atoms with Crippen molar-refractivity contribution in [3.05, 3.63) is 0 Å². The molecule has 102 valence electrons. The van der Waals surface area contributed by atoms with Crippen LogP contribution >= 0.6 is 0 Å². The second kappa shape index (κ2) is 12.1. The quantitative estimate of drug-likeness (QED) is 0.471. The van der Waals surface area contributed by atoms with Gasteiger partial charge in [-0.15, -0.1) is 0 Å². The van der Waals surface area contributed by atoms with Gasteiger partial charge in [-0.25, -0.2) is 0 Å². The van der Waals surface area contributed by atoms with E-state index in [2.05, 4.69) is 6.92 Å². The van der Waals surface area contributed by atoms with Gasteiger partial charge in [-0.05, 0) is 20.3 Å². The van der Waals surface area contributed by atoms with Crippen molar-refractivity contribution in [2.45, 2.75) is 84.7 Å². The average molecular weight is 242 g/mol. The lowest BCUT2D eigenvalue weighted by molar-refractivity contribution is -0.119. The van der Waals surface area contributed by atoms with Gasteiger partial charge in [0.15, 0.2) is 0 Å². The topological polar surface area (TPSA) is 26.3 Å². The number of hydrogen-bond donors (Lipinski definition) is 0. The van der Waals surface area contributed by atoms with Crippen LogP contribution in [0.5, 0.6) is 0 Å². The fourth-order valence-electron chi connectivity index (χ4n) is 2.13. The summed E-state index contributed by atoms with van der Waals surface area (Å²) in [6.45, 7) is 6.61. The van der Waals surface area contributed by atoms with Crippen molar-refractivity contribution in [2.24, 2.45) is 0 Å². The SMILES string of the molecule is CCCCCCCCCC(CC(C)=O)OCC. The highest BCUT2D eigenvalue weighted by molar-refractivity contribution is 5.75. The summed E-state index contributed by atoms with van der Waals surface area (Å²) in [7, 11) is 0.